The number of rotatable bonds is 7. The highest BCUT2D eigenvalue weighted by atomic mass is 35.5. The normalized spacial score (nSPS) is 16.8. The minimum atomic E-state index is -0.613. The second-order valence-electron chi connectivity index (χ2n) is 7.61. The third-order valence-corrected chi connectivity index (χ3v) is 6.75. The summed E-state index contributed by atoms with van der Waals surface area (Å²) < 4.78 is 13.2. The summed E-state index contributed by atoms with van der Waals surface area (Å²) in [6.45, 7) is 0.357. The van der Waals surface area contributed by atoms with E-state index in [1.807, 2.05) is 0 Å². The van der Waals surface area contributed by atoms with Gasteiger partial charge in [-0.05, 0) is 66.6 Å². The third-order valence-electron chi connectivity index (χ3n) is 5.09. The number of hydrogen-bond donors (Lipinski definition) is 1. The predicted octanol–water partition coefficient (Wildman–Crippen LogP) is 6.34. The summed E-state index contributed by atoms with van der Waals surface area (Å²) in [5.74, 6) is -0.798. The molecule has 5 nitrogen and oxygen atoms in total. The Bertz CT molecular complexity index is 1220. The van der Waals surface area contributed by atoms with Gasteiger partial charge in [-0.2, -0.15) is 0 Å². The van der Waals surface area contributed by atoms with Gasteiger partial charge in [0.2, 0.25) is 11.8 Å². The summed E-state index contributed by atoms with van der Waals surface area (Å²) in [6, 6.07) is 20.0. The smallest absolute Gasteiger partial charge is 0.242 e. The van der Waals surface area contributed by atoms with E-state index in [0.717, 1.165) is 5.56 Å². The van der Waals surface area contributed by atoms with Crippen LogP contribution in [-0.2, 0) is 16.0 Å². The minimum absolute atomic E-state index is 0.0112. The molecule has 174 valence electrons. The maximum atomic E-state index is 13.2. The summed E-state index contributed by atoms with van der Waals surface area (Å²) in [5.41, 5.74) is 2.11. The number of halogens is 3. The van der Waals surface area contributed by atoms with Gasteiger partial charge in [0.25, 0.3) is 0 Å². The Balaban J connectivity index is 1.50. The van der Waals surface area contributed by atoms with Crippen LogP contribution in [0.3, 0.4) is 0 Å². The first-order chi connectivity index (χ1) is 16.4. The molecule has 34 heavy (non-hydrogen) atoms. The average Bonchev–Trinajstić information content (AvgIpc) is 3.08. The Morgan fingerprint density at radius 1 is 1.03 bits per heavy atom. The van der Waals surface area contributed by atoms with Crippen LogP contribution in [0.15, 0.2) is 77.8 Å². The van der Waals surface area contributed by atoms with Crippen molar-refractivity contribution in [2.24, 2.45) is 4.99 Å². The fourth-order valence-corrected chi connectivity index (χ4v) is 4.90. The van der Waals surface area contributed by atoms with Crippen LogP contribution in [-0.4, -0.2) is 33.7 Å². The molecule has 1 heterocycles. The van der Waals surface area contributed by atoms with E-state index >= 15 is 0 Å². The Morgan fingerprint density at radius 2 is 1.76 bits per heavy atom. The monoisotopic (exact) mass is 515 g/mol. The van der Waals surface area contributed by atoms with Crippen LogP contribution in [0, 0.1) is 5.82 Å². The first-order valence-corrected chi connectivity index (χ1v) is 12.1. The minimum Gasteiger partial charge on any atom is -0.326 e. The van der Waals surface area contributed by atoms with Gasteiger partial charge < -0.3 is 5.32 Å². The number of aliphatic imine (C=N–C) groups is 1. The van der Waals surface area contributed by atoms with Gasteiger partial charge in [-0.3, -0.25) is 14.5 Å². The maximum Gasteiger partial charge on any atom is 0.242 e. The van der Waals surface area contributed by atoms with Gasteiger partial charge in [0, 0.05) is 28.7 Å². The van der Waals surface area contributed by atoms with Gasteiger partial charge >= 0.3 is 0 Å². The van der Waals surface area contributed by atoms with E-state index in [1.54, 1.807) is 65.6 Å². The molecule has 1 aliphatic rings. The highest BCUT2D eigenvalue weighted by Crippen LogP contribution is 2.32. The third kappa shape index (κ3) is 6.38. The molecule has 2 amide bonds. The molecular weight excluding hydrogens is 496 g/mol. The number of anilines is 1. The van der Waals surface area contributed by atoms with E-state index in [9.17, 15) is 14.0 Å². The lowest BCUT2D eigenvalue weighted by molar-refractivity contribution is -0.128. The molecule has 0 bridgehead atoms. The average molecular weight is 516 g/mol. The van der Waals surface area contributed by atoms with Crippen LogP contribution in [0.1, 0.15) is 12.0 Å². The summed E-state index contributed by atoms with van der Waals surface area (Å²) in [4.78, 5) is 32.0. The largest absolute Gasteiger partial charge is 0.326 e. The molecular formula is C25H20Cl2FN3O2S. The first-order valence-electron chi connectivity index (χ1n) is 10.5. The van der Waals surface area contributed by atoms with Crippen molar-refractivity contribution in [1.29, 1.82) is 0 Å². The van der Waals surface area contributed by atoms with Crippen molar-refractivity contribution in [3.05, 3.63) is 94.2 Å². The van der Waals surface area contributed by atoms with E-state index < -0.39 is 5.25 Å². The Hall–Kier alpha value is -2.87. The Morgan fingerprint density at radius 3 is 2.47 bits per heavy atom. The zero-order valence-electron chi connectivity index (χ0n) is 17.9. The second-order valence-corrected chi connectivity index (χ2v) is 9.65. The maximum absolute atomic E-state index is 13.2. The van der Waals surface area contributed by atoms with E-state index in [-0.39, 0.29) is 24.1 Å². The Labute approximate surface area is 211 Å². The molecule has 1 atom stereocenters. The molecule has 1 fully saturated rings. The van der Waals surface area contributed by atoms with Gasteiger partial charge in [0.15, 0.2) is 5.17 Å². The molecule has 1 saturated heterocycles. The van der Waals surface area contributed by atoms with Gasteiger partial charge in [0.05, 0.1) is 5.69 Å². The van der Waals surface area contributed by atoms with Crippen molar-refractivity contribution in [2.75, 3.05) is 11.9 Å². The van der Waals surface area contributed by atoms with Crippen molar-refractivity contribution in [2.45, 2.75) is 18.1 Å². The van der Waals surface area contributed by atoms with Crippen LogP contribution in [0.4, 0.5) is 15.8 Å². The zero-order chi connectivity index (χ0) is 24.1. The van der Waals surface area contributed by atoms with Crippen LogP contribution in [0.5, 0.6) is 0 Å². The molecule has 0 saturated carbocycles. The number of nitrogens with one attached hydrogen (secondary N) is 1. The lowest BCUT2D eigenvalue weighted by atomic mass is 10.1. The SMILES string of the molecule is O=C(CC1SC(=Nc2ccc(Cl)cc2)N(CCc2ccc(F)cc2)C1=O)Nc1cccc(Cl)c1. The molecule has 0 aromatic heterocycles. The van der Waals surface area contributed by atoms with Gasteiger partial charge in [-0.25, -0.2) is 9.38 Å². The molecule has 0 spiro atoms. The van der Waals surface area contributed by atoms with Crippen LogP contribution < -0.4 is 5.32 Å². The number of amidine groups is 1. The van der Waals surface area contributed by atoms with E-state index in [2.05, 4.69) is 10.3 Å². The number of carbonyl (C=O) groups excluding carboxylic acids is 2. The highest BCUT2D eigenvalue weighted by Gasteiger charge is 2.39. The van der Waals surface area contributed by atoms with Crippen molar-refractivity contribution < 1.29 is 14.0 Å². The topological polar surface area (TPSA) is 61.8 Å². The van der Waals surface area contributed by atoms with Crippen LogP contribution >= 0.6 is 35.0 Å². The molecule has 1 N–H and O–H groups in total. The number of hydrogen-bond acceptors (Lipinski definition) is 4. The van der Waals surface area contributed by atoms with Gasteiger partial charge in [-0.1, -0.05) is 53.2 Å². The van der Waals surface area contributed by atoms with Gasteiger partial charge in [-0.15, -0.1) is 0 Å². The highest BCUT2D eigenvalue weighted by molar-refractivity contribution is 8.15. The second kappa shape index (κ2) is 11.0. The first kappa shape index (κ1) is 24.3. The number of benzene rings is 3. The number of carbonyl (C=O) groups is 2. The lowest BCUT2D eigenvalue weighted by Gasteiger charge is -2.16. The fourth-order valence-electron chi connectivity index (χ4n) is 3.40. The summed E-state index contributed by atoms with van der Waals surface area (Å²) in [6.07, 6.45) is 0.510. The molecule has 9 heteroatoms. The molecule has 0 radical (unpaired) electrons. The predicted molar refractivity (Wildman–Crippen MR) is 136 cm³/mol. The number of amides is 2. The quantitative estimate of drug-likeness (QED) is 0.399. The number of thioether (sulfide) groups is 1. The van der Waals surface area contributed by atoms with E-state index in [4.69, 9.17) is 23.2 Å². The lowest BCUT2D eigenvalue weighted by Crippen LogP contribution is -2.35. The summed E-state index contributed by atoms with van der Waals surface area (Å²) in [7, 11) is 0. The Kier molecular flexibility index (Phi) is 7.88. The van der Waals surface area contributed by atoms with Crippen molar-refractivity contribution in [1.82, 2.24) is 4.90 Å². The van der Waals surface area contributed by atoms with Crippen LogP contribution in [0.25, 0.3) is 0 Å². The van der Waals surface area contributed by atoms with Crippen molar-refractivity contribution in [3.8, 4) is 0 Å². The molecule has 3 aromatic rings. The molecule has 4 rings (SSSR count). The van der Waals surface area contributed by atoms with Crippen molar-refractivity contribution >= 4 is 63.3 Å². The fraction of sp³-hybridized carbons (Fsp3) is 0.160. The summed E-state index contributed by atoms with van der Waals surface area (Å²) >= 11 is 13.2. The van der Waals surface area contributed by atoms with Crippen LogP contribution in [0.2, 0.25) is 10.0 Å². The standard InChI is InChI=1S/C25H20Cl2FN3O2S/c26-17-6-10-20(11-7-17)30-25-31(13-12-16-4-8-19(28)9-5-16)24(33)22(34-25)15-23(32)29-21-3-1-2-18(27)14-21/h1-11,14,22H,12-13,15H2,(H,29,32). The molecule has 1 unspecified atom stereocenters. The van der Waals surface area contributed by atoms with Gasteiger partial charge in [0.1, 0.15) is 11.1 Å². The molecule has 3 aromatic carbocycles. The zero-order valence-corrected chi connectivity index (χ0v) is 20.2. The van der Waals surface area contributed by atoms with E-state index in [1.165, 1.54) is 23.9 Å². The number of nitrogens with zero attached hydrogens (tertiary/aromatic N) is 2. The van der Waals surface area contributed by atoms with E-state index in [0.29, 0.717) is 39.6 Å². The molecule has 1 aliphatic heterocycles. The molecule has 0 aliphatic carbocycles. The van der Waals surface area contributed by atoms with Crippen molar-refractivity contribution in [3.63, 3.8) is 0 Å². The summed E-state index contributed by atoms with van der Waals surface area (Å²) in [5, 5.41) is 3.77.